The van der Waals surface area contributed by atoms with Crippen molar-refractivity contribution in [2.45, 2.75) is 0 Å². The Morgan fingerprint density at radius 3 is 2.80 bits per heavy atom. The molecule has 0 saturated heterocycles. The lowest BCUT2D eigenvalue weighted by molar-refractivity contribution is 0.417. The van der Waals surface area contributed by atoms with Crippen LogP contribution < -0.4 is 10.5 Å². The number of aromatic nitrogens is 2. The van der Waals surface area contributed by atoms with E-state index in [0.29, 0.717) is 11.4 Å². The van der Waals surface area contributed by atoms with Crippen LogP contribution in [0, 0.1) is 0 Å². The normalized spacial score (nSPS) is 10.3. The van der Waals surface area contributed by atoms with E-state index in [1.807, 2.05) is 24.4 Å². The highest BCUT2D eigenvalue weighted by molar-refractivity contribution is 9.10. The molecule has 5 heteroatoms. The molecule has 0 radical (unpaired) electrons. The van der Waals surface area contributed by atoms with Gasteiger partial charge in [-0.2, -0.15) is 5.10 Å². The molecule has 0 aliphatic rings. The SMILES string of the molecule is COc1ccc(-n2cc(Br)cn2)cc1N. The summed E-state index contributed by atoms with van der Waals surface area (Å²) in [5.74, 6) is 0.671. The third-order valence-corrected chi connectivity index (χ3v) is 2.44. The summed E-state index contributed by atoms with van der Waals surface area (Å²) in [6.45, 7) is 0. The van der Waals surface area contributed by atoms with E-state index in [1.54, 1.807) is 18.0 Å². The van der Waals surface area contributed by atoms with Gasteiger partial charge in [0.05, 0.1) is 29.2 Å². The van der Waals surface area contributed by atoms with Crippen molar-refractivity contribution < 1.29 is 4.74 Å². The summed E-state index contributed by atoms with van der Waals surface area (Å²) >= 11 is 3.34. The minimum Gasteiger partial charge on any atom is -0.495 e. The summed E-state index contributed by atoms with van der Waals surface area (Å²) in [4.78, 5) is 0. The monoisotopic (exact) mass is 267 g/mol. The van der Waals surface area contributed by atoms with E-state index in [4.69, 9.17) is 10.5 Å². The van der Waals surface area contributed by atoms with E-state index in [-0.39, 0.29) is 0 Å². The van der Waals surface area contributed by atoms with Crippen molar-refractivity contribution in [3.63, 3.8) is 0 Å². The highest BCUT2D eigenvalue weighted by Gasteiger charge is 2.03. The average Bonchev–Trinajstić information content (AvgIpc) is 2.65. The second-order valence-corrected chi connectivity index (χ2v) is 3.95. The van der Waals surface area contributed by atoms with Gasteiger partial charge in [0, 0.05) is 6.20 Å². The average molecular weight is 268 g/mol. The largest absolute Gasteiger partial charge is 0.495 e. The van der Waals surface area contributed by atoms with E-state index in [2.05, 4.69) is 21.0 Å². The summed E-state index contributed by atoms with van der Waals surface area (Å²) in [5, 5.41) is 4.16. The second-order valence-electron chi connectivity index (χ2n) is 3.03. The zero-order valence-electron chi connectivity index (χ0n) is 8.14. The molecular formula is C10H10BrN3O. The lowest BCUT2D eigenvalue weighted by Gasteiger charge is -2.06. The summed E-state index contributed by atoms with van der Waals surface area (Å²) in [6.07, 6.45) is 3.58. The number of methoxy groups -OCH3 is 1. The number of benzene rings is 1. The molecule has 1 aromatic carbocycles. The maximum atomic E-state index is 5.80. The molecule has 4 nitrogen and oxygen atoms in total. The molecular weight excluding hydrogens is 258 g/mol. The van der Waals surface area contributed by atoms with Crippen LogP contribution in [-0.4, -0.2) is 16.9 Å². The quantitative estimate of drug-likeness (QED) is 0.850. The first-order chi connectivity index (χ1) is 7.20. The van der Waals surface area contributed by atoms with Gasteiger partial charge in [-0.25, -0.2) is 4.68 Å². The van der Waals surface area contributed by atoms with Gasteiger partial charge in [-0.1, -0.05) is 0 Å². The van der Waals surface area contributed by atoms with Gasteiger partial charge < -0.3 is 10.5 Å². The number of halogens is 1. The minimum atomic E-state index is 0.599. The topological polar surface area (TPSA) is 53.1 Å². The van der Waals surface area contributed by atoms with Gasteiger partial charge in [0.2, 0.25) is 0 Å². The molecule has 1 heterocycles. The Kier molecular flexibility index (Phi) is 2.64. The number of hydrogen-bond acceptors (Lipinski definition) is 3. The molecule has 0 saturated carbocycles. The van der Waals surface area contributed by atoms with Gasteiger partial charge in [-0.3, -0.25) is 0 Å². The lowest BCUT2D eigenvalue weighted by atomic mass is 10.2. The van der Waals surface area contributed by atoms with Crippen LogP contribution in [0.1, 0.15) is 0 Å². The molecule has 0 aliphatic heterocycles. The predicted octanol–water partition coefficient (Wildman–Crippen LogP) is 2.23. The Morgan fingerprint density at radius 2 is 2.27 bits per heavy atom. The molecule has 0 fully saturated rings. The fourth-order valence-electron chi connectivity index (χ4n) is 1.31. The van der Waals surface area contributed by atoms with Crippen LogP contribution in [0.4, 0.5) is 5.69 Å². The predicted molar refractivity (Wildman–Crippen MR) is 62.2 cm³/mol. The van der Waals surface area contributed by atoms with E-state index in [9.17, 15) is 0 Å². The number of nitrogens with zero attached hydrogens (tertiary/aromatic N) is 2. The summed E-state index contributed by atoms with van der Waals surface area (Å²) in [5.41, 5.74) is 7.30. The van der Waals surface area contributed by atoms with E-state index in [0.717, 1.165) is 10.2 Å². The van der Waals surface area contributed by atoms with Gasteiger partial charge in [-0.15, -0.1) is 0 Å². The number of nitrogens with two attached hydrogens (primary N) is 1. The number of nitrogen functional groups attached to an aromatic ring is 1. The molecule has 78 valence electrons. The Balaban J connectivity index is 2.42. The van der Waals surface area contributed by atoms with Gasteiger partial charge in [0.15, 0.2) is 0 Å². The Bertz CT molecular complexity index is 481. The molecule has 0 atom stereocenters. The molecule has 2 N–H and O–H groups in total. The maximum absolute atomic E-state index is 5.80. The van der Waals surface area contributed by atoms with Crippen molar-refractivity contribution in [3.05, 3.63) is 35.1 Å². The van der Waals surface area contributed by atoms with Gasteiger partial charge in [-0.05, 0) is 34.1 Å². The minimum absolute atomic E-state index is 0.599. The first-order valence-corrected chi connectivity index (χ1v) is 5.14. The van der Waals surface area contributed by atoms with Gasteiger partial charge >= 0.3 is 0 Å². The molecule has 0 spiro atoms. The summed E-state index contributed by atoms with van der Waals surface area (Å²) in [6, 6.07) is 5.53. The van der Waals surface area contributed by atoms with Crippen LogP contribution in [0.3, 0.4) is 0 Å². The number of anilines is 1. The molecule has 0 bridgehead atoms. The van der Waals surface area contributed by atoms with Crippen molar-refractivity contribution >= 4 is 21.6 Å². The standard InChI is InChI=1S/C10H10BrN3O/c1-15-10-3-2-8(4-9(10)12)14-6-7(11)5-13-14/h2-6H,12H2,1H3. The molecule has 0 amide bonds. The van der Waals surface area contributed by atoms with E-state index in [1.165, 1.54) is 0 Å². The third kappa shape index (κ3) is 1.97. The van der Waals surface area contributed by atoms with Crippen molar-refractivity contribution in [2.75, 3.05) is 12.8 Å². The highest BCUT2D eigenvalue weighted by atomic mass is 79.9. The molecule has 0 aliphatic carbocycles. The van der Waals surface area contributed by atoms with Crippen LogP contribution >= 0.6 is 15.9 Å². The first kappa shape index (κ1) is 10.0. The smallest absolute Gasteiger partial charge is 0.141 e. The summed E-state index contributed by atoms with van der Waals surface area (Å²) < 4.78 is 7.74. The molecule has 2 aromatic rings. The zero-order chi connectivity index (χ0) is 10.8. The molecule has 1 aromatic heterocycles. The summed E-state index contributed by atoms with van der Waals surface area (Å²) in [7, 11) is 1.59. The molecule has 2 rings (SSSR count). The van der Waals surface area contributed by atoms with Crippen molar-refractivity contribution in [2.24, 2.45) is 0 Å². The molecule has 15 heavy (non-hydrogen) atoms. The van der Waals surface area contributed by atoms with Crippen LogP contribution in [0.25, 0.3) is 5.69 Å². The Hall–Kier alpha value is -1.49. The third-order valence-electron chi connectivity index (χ3n) is 2.03. The van der Waals surface area contributed by atoms with Crippen LogP contribution in [-0.2, 0) is 0 Å². The lowest BCUT2D eigenvalue weighted by Crippen LogP contribution is -1.98. The number of rotatable bonds is 2. The molecule has 0 unspecified atom stereocenters. The Morgan fingerprint density at radius 1 is 1.47 bits per heavy atom. The van der Waals surface area contributed by atoms with Crippen LogP contribution in [0.5, 0.6) is 5.75 Å². The Labute approximate surface area is 95.8 Å². The van der Waals surface area contributed by atoms with Crippen molar-refractivity contribution in [3.8, 4) is 11.4 Å². The van der Waals surface area contributed by atoms with Crippen molar-refractivity contribution in [1.29, 1.82) is 0 Å². The van der Waals surface area contributed by atoms with E-state index >= 15 is 0 Å². The fraction of sp³-hybridized carbons (Fsp3) is 0.100. The van der Waals surface area contributed by atoms with Gasteiger partial charge in [0.25, 0.3) is 0 Å². The van der Waals surface area contributed by atoms with Crippen LogP contribution in [0.2, 0.25) is 0 Å². The van der Waals surface area contributed by atoms with E-state index < -0.39 is 0 Å². The van der Waals surface area contributed by atoms with Crippen LogP contribution in [0.15, 0.2) is 35.1 Å². The first-order valence-electron chi connectivity index (χ1n) is 4.35. The number of hydrogen-bond donors (Lipinski definition) is 1. The van der Waals surface area contributed by atoms with Crippen molar-refractivity contribution in [1.82, 2.24) is 9.78 Å². The fourth-order valence-corrected chi connectivity index (χ4v) is 1.59. The second kappa shape index (κ2) is 3.94. The maximum Gasteiger partial charge on any atom is 0.141 e. The highest BCUT2D eigenvalue weighted by Crippen LogP contribution is 2.24. The van der Waals surface area contributed by atoms with Gasteiger partial charge in [0.1, 0.15) is 5.75 Å². The zero-order valence-corrected chi connectivity index (χ0v) is 9.73. The number of ether oxygens (including phenoxy) is 1.